The van der Waals surface area contributed by atoms with Crippen molar-refractivity contribution >= 4 is 38.9 Å². The van der Waals surface area contributed by atoms with Gasteiger partial charge in [-0.05, 0) is 47.6 Å². The molecule has 1 atom stereocenters. The Bertz CT molecular complexity index is 1080. The Kier molecular flexibility index (Phi) is 5.07. The number of thiazole rings is 1. The van der Waals surface area contributed by atoms with Crippen LogP contribution in [0.3, 0.4) is 0 Å². The van der Waals surface area contributed by atoms with E-state index in [1.54, 1.807) is 23.5 Å². The average molecular weight is 389 g/mol. The van der Waals surface area contributed by atoms with Gasteiger partial charge in [0.15, 0.2) is 0 Å². The molecule has 0 fully saturated rings. The first-order chi connectivity index (χ1) is 13.2. The molecule has 0 spiro atoms. The Morgan fingerprint density at radius 1 is 0.963 bits per heavy atom. The van der Waals surface area contributed by atoms with E-state index < -0.39 is 0 Å². The minimum atomic E-state index is 0.0606. The summed E-state index contributed by atoms with van der Waals surface area (Å²) >= 11 is 6.44. The molecule has 0 aliphatic heterocycles. The highest BCUT2D eigenvalue weighted by atomic mass is 32.1. The summed E-state index contributed by atoms with van der Waals surface area (Å²) in [7, 11) is 0. The molecule has 0 radical (unpaired) electrons. The van der Waals surface area contributed by atoms with Crippen molar-refractivity contribution in [1.29, 1.82) is 0 Å². The molecule has 132 valence electrons. The molecular formula is C22H16N2OS2. The standard InChI is InChI=1S/C22H16N2OS2/c25-18-11-9-16(10-12-18)19(13-23-14-26)15-5-7-17(8-6-15)22-24-20-3-1-2-4-21(20)27-22/h1-12,19,25H,13H2. The third-order valence-electron chi connectivity index (χ3n) is 4.49. The summed E-state index contributed by atoms with van der Waals surface area (Å²) in [6, 6.07) is 23.8. The Hall–Kier alpha value is -2.85. The first-order valence-electron chi connectivity index (χ1n) is 8.53. The Morgan fingerprint density at radius 3 is 2.30 bits per heavy atom. The number of isothiocyanates is 1. The van der Waals surface area contributed by atoms with Gasteiger partial charge in [-0.2, -0.15) is 0 Å². The van der Waals surface area contributed by atoms with E-state index in [0.29, 0.717) is 6.54 Å². The van der Waals surface area contributed by atoms with Crippen LogP contribution in [-0.2, 0) is 0 Å². The number of hydrogen-bond donors (Lipinski definition) is 1. The zero-order valence-electron chi connectivity index (χ0n) is 14.4. The highest BCUT2D eigenvalue weighted by molar-refractivity contribution is 7.78. The fraction of sp³-hybridized carbons (Fsp3) is 0.0909. The van der Waals surface area contributed by atoms with Gasteiger partial charge in [-0.25, -0.2) is 9.98 Å². The molecule has 1 unspecified atom stereocenters. The van der Waals surface area contributed by atoms with Crippen LogP contribution in [0.1, 0.15) is 17.0 Å². The van der Waals surface area contributed by atoms with E-state index in [9.17, 15) is 5.11 Å². The lowest BCUT2D eigenvalue weighted by atomic mass is 9.91. The van der Waals surface area contributed by atoms with Gasteiger partial charge in [0.05, 0.1) is 21.9 Å². The van der Waals surface area contributed by atoms with Crippen LogP contribution in [0, 0.1) is 0 Å². The molecule has 1 aromatic heterocycles. The van der Waals surface area contributed by atoms with Gasteiger partial charge in [-0.15, -0.1) is 11.3 Å². The zero-order valence-corrected chi connectivity index (χ0v) is 16.0. The summed E-state index contributed by atoms with van der Waals surface area (Å²) in [5.41, 5.74) is 4.34. The minimum absolute atomic E-state index is 0.0606. The van der Waals surface area contributed by atoms with Crippen LogP contribution in [0.25, 0.3) is 20.8 Å². The molecule has 0 aliphatic rings. The molecule has 0 bridgehead atoms. The number of aliphatic imine (C=N–C) groups is 1. The summed E-state index contributed by atoms with van der Waals surface area (Å²) in [5, 5.41) is 13.0. The van der Waals surface area contributed by atoms with E-state index in [1.807, 2.05) is 30.3 Å². The van der Waals surface area contributed by atoms with Crippen molar-refractivity contribution in [2.45, 2.75) is 5.92 Å². The third kappa shape index (κ3) is 3.81. The molecule has 0 saturated heterocycles. The SMILES string of the molecule is Oc1ccc(C(CN=C=S)c2ccc(-c3nc4ccccc4s3)cc2)cc1. The van der Waals surface area contributed by atoms with Crippen molar-refractivity contribution in [2.24, 2.45) is 4.99 Å². The number of aromatic nitrogens is 1. The van der Waals surface area contributed by atoms with Crippen molar-refractivity contribution in [3.63, 3.8) is 0 Å². The number of hydrogen-bond acceptors (Lipinski definition) is 5. The Morgan fingerprint density at radius 2 is 1.63 bits per heavy atom. The van der Waals surface area contributed by atoms with Crippen molar-refractivity contribution < 1.29 is 5.11 Å². The molecule has 4 rings (SSSR count). The maximum absolute atomic E-state index is 9.55. The molecule has 0 aliphatic carbocycles. The minimum Gasteiger partial charge on any atom is -0.508 e. The highest BCUT2D eigenvalue weighted by Gasteiger charge is 2.15. The van der Waals surface area contributed by atoms with Crippen LogP contribution in [0.2, 0.25) is 0 Å². The Balaban J connectivity index is 1.67. The second-order valence-corrected chi connectivity index (χ2v) is 7.40. The molecule has 3 nitrogen and oxygen atoms in total. The summed E-state index contributed by atoms with van der Waals surface area (Å²) in [6.45, 7) is 0.523. The second kappa shape index (κ2) is 7.80. The van der Waals surface area contributed by atoms with E-state index in [-0.39, 0.29) is 11.7 Å². The van der Waals surface area contributed by atoms with E-state index >= 15 is 0 Å². The van der Waals surface area contributed by atoms with Crippen LogP contribution < -0.4 is 0 Å². The molecule has 3 aromatic carbocycles. The fourth-order valence-corrected chi connectivity index (χ4v) is 4.14. The van der Waals surface area contributed by atoms with Gasteiger partial charge in [0.2, 0.25) is 0 Å². The molecule has 1 heterocycles. The summed E-state index contributed by atoms with van der Waals surface area (Å²) in [5.74, 6) is 0.312. The van der Waals surface area contributed by atoms with Gasteiger partial charge in [0.1, 0.15) is 10.8 Å². The van der Waals surface area contributed by atoms with Crippen LogP contribution in [0.15, 0.2) is 77.8 Å². The number of para-hydroxylation sites is 1. The van der Waals surface area contributed by atoms with E-state index in [0.717, 1.165) is 27.2 Å². The summed E-state index contributed by atoms with van der Waals surface area (Å²) < 4.78 is 1.19. The average Bonchev–Trinajstić information content (AvgIpc) is 3.14. The van der Waals surface area contributed by atoms with Crippen LogP contribution >= 0.6 is 23.6 Å². The quantitative estimate of drug-likeness (QED) is 0.342. The predicted octanol–water partition coefficient (Wildman–Crippen LogP) is 5.90. The number of aromatic hydroxyl groups is 1. The van der Waals surface area contributed by atoms with Gasteiger partial charge in [0, 0.05) is 11.5 Å². The molecule has 0 saturated carbocycles. The number of phenolic OH excluding ortho intramolecular Hbond substituents is 1. The number of phenols is 1. The normalized spacial score (nSPS) is 11.9. The maximum atomic E-state index is 9.55. The van der Waals surface area contributed by atoms with E-state index in [1.165, 1.54) is 4.70 Å². The lowest BCUT2D eigenvalue weighted by molar-refractivity contribution is 0.475. The monoisotopic (exact) mass is 388 g/mol. The van der Waals surface area contributed by atoms with E-state index in [2.05, 4.69) is 40.5 Å². The van der Waals surface area contributed by atoms with Crippen molar-refractivity contribution in [1.82, 2.24) is 4.98 Å². The predicted molar refractivity (Wildman–Crippen MR) is 115 cm³/mol. The zero-order chi connectivity index (χ0) is 18.6. The maximum Gasteiger partial charge on any atom is 0.124 e. The van der Waals surface area contributed by atoms with Crippen LogP contribution in [-0.4, -0.2) is 21.8 Å². The first-order valence-corrected chi connectivity index (χ1v) is 9.75. The lowest BCUT2D eigenvalue weighted by Crippen LogP contribution is -2.04. The molecule has 27 heavy (non-hydrogen) atoms. The van der Waals surface area contributed by atoms with Gasteiger partial charge in [-0.1, -0.05) is 48.5 Å². The van der Waals surface area contributed by atoms with Gasteiger partial charge in [-0.3, -0.25) is 0 Å². The highest BCUT2D eigenvalue weighted by Crippen LogP contribution is 2.32. The second-order valence-electron chi connectivity index (χ2n) is 6.18. The number of benzene rings is 3. The largest absolute Gasteiger partial charge is 0.508 e. The van der Waals surface area contributed by atoms with Crippen LogP contribution in [0.4, 0.5) is 0 Å². The summed E-state index contributed by atoms with van der Waals surface area (Å²) in [6.07, 6.45) is 0. The van der Waals surface area contributed by atoms with Gasteiger partial charge >= 0.3 is 0 Å². The van der Waals surface area contributed by atoms with Crippen molar-refractivity contribution in [3.05, 3.63) is 83.9 Å². The first kappa shape index (κ1) is 17.6. The number of nitrogens with zero attached hydrogens (tertiary/aromatic N) is 2. The van der Waals surface area contributed by atoms with Gasteiger partial charge in [0.25, 0.3) is 0 Å². The number of thiocarbonyl (C=S) groups is 1. The van der Waals surface area contributed by atoms with Crippen molar-refractivity contribution in [3.8, 4) is 16.3 Å². The molecular weight excluding hydrogens is 372 g/mol. The summed E-state index contributed by atoms with van der Waals surface area (Å²) in [4.78, 5) is 8.87. The number of rotatable bonds is 5. The van der Waals surface area contributed by atoms with Gasteiger partial charge < -0.3 is 5.11 Å². The third-order valence-corrected chi connectivity index (χ3v) is 5.70. The number of fused-ring (bicyclic) bond motifs is 1. The van der Waals surface area contributed by atoms with Crippen molar-refractivity contribution in [2.75, 3.05) is 6.54 Å². The smallest absolute Gasteiger partial charge is 0.124 e. The lowest BCUT2D eigenvalue weighted by Gasteiger charge is -2.16. The Labute approximate surface area is 166 Å². The fourth-order valence-electron chi connectivity index (χ4n) is 3.09. The van der Waals surface area contributed by atoms with Crippen LogP contribution in [0.5, 0.6) is 5.75 Å². The molecule has 1 N–H and O–H groups in total. The molecule has 4 aromatic rings. The topological polar surface area (TPSA) is 45.5 Å². The van der Waals surface area contributed by atoms with E-state index in [4.69, 9.17) is 17.2 Å². The molecule has 0 amide bonds. The molecule has 5 heteroatoms.